The van der Waals surface area contributed by atoms with Gasteiger partial charge in [-0.3, -0.25) is 4.79 Å². The van der Waals surface area contributed by atoms with E-state index in [4.69, 9.17) is 5.11 Å². The zero-order chi connectivity index (χ0) is 4.99. The van der Waals surface area contributed by atoms with Crippen LogP contribution in [-0.4, -0.2) is 11.1 Å². The summed E-state index contributed by atoms with van der Waals surface area (Å²) >= 11 is 0. The van der Waals surface area contributed by atoms with Gasteiger partial charge in [0.05, 0.1) is 0 Å². The molecule has 0 unspecified atom stereocenters. The van der Waals surface area contributed by atoms with Crippen LogP contribution in [0.4, 0.5) is 0 Å². The Balaban J connectivity index is 2.83. The highest BCUT2D eigenvalue weighted by Crippen LogP contribution is 1.82. The first-order valence-electron chi connectivity index (χ1n) is 1.99. The van der Waals surface area contributed by atoms with Gasteiger partial charge < -0.3 is 5.11 Å². The lowest BCUT2D eigenvalue weighted by atomic mass is 10.6. The van der Waals surface area contributed by atoms with Gasteiger partial charge in [0, 0.05) is 6.42 Å². The van der Waals surface area contributed by atoms with Crippen LogP contribution in [0.1, 0.15) is 19.8 Å². The fraction of sp³-hybridized carbons (Fsp3) is 0.750. The molecule has 2 heteroatoms. The maximum atomic E-state index is 9.60. The molecule has 0 aromatic heterocycles. The van der Waals surface area contributed by atoms with E-state index < -0.39 is 5.97 Å². The molecule has 6 heavy (non-hydrogen) atoms. The average molecular weight is 89.1 g/mol. The van der Waals surface area contributed by atoms with Crippen LogP contribution in [0, 0.1) is 0 Å². The molecule has 0 amide bonds. The Bertz CT molecular complexity index is 49.5. The molecule has 0 spiro atoms. The average Bonchev–Trinajstić information content (AvgIpc) is 1.35. The van der Waals surface area contributed by atoms with Crippen LogP contribution in [0.3, 0.4) is 0 Å². The van der Waals surface area contributed by atoms with Gasteiger partial charge in [-0.2, -0.15) is 0 Å². The maximum absolute atomic E-state index is 9.60. The van der Waals surface area contributed by atoms with Crippen molar-refractivity contribution in [3.8, 4) is 0 Å². The predicted molar refractivity (Wildman–Crippen MR) is 22.5 cm³/mol. The Morgan fingerprint density at radius 2 is 2.33 bits per heavy atom. The van der Waals surface area contributed by atoms with Gasteiger partial charge in [0.2, 0.25) is 0 Å². The van der Waals surface area contributed by atoms with Crippen molar-refractivity contribution < 1.29 is 9.90 Å². The van der Waals surface area contributed by atoms with Crippen LogP contribution in [0.15, 0.2) is 0 Å². The molecule has 0 aromatic rings. The van der Waals surface area contributed by atoms with E-state index in [1.807, 2.05) is 6.92 Å². The zero-order valence-electron chi connectivity index (χ0n) is 3.77. The van der Waals surface area contributed by atoms with Crippen molar-refractivity contribution in [2.45, 2.75) is 19.8 Å². The summed E-state index contributed by atoms with van der Waals surface area (Å²) in [6.45, 7) is 1.84. The minimum Gasteiger partial charge on any atom is -0.481 e. The summed E-state index contributed by atoms with van der Waals surface area (Å²) < 4.78 is 0. The molecule has 36 valence electrons. The van der Waals surface area contributed by atoms with Crippen LogP contribution in [0.25, 0.3) is 0 Å². The molecule has 0 rings (SSSR count). The molecular formula is C4H8O2. The smallest absolute Gasteiger partial charge is 0.303 e. The topological polar surface area (TPSA) is 37.3 Å². The van der Waals surface area contributed by atoms with Crippen LogP contribution in [-0.2, 0) is 4.79 Å². The number of aliphatic carboxylic acids is 1. The summed E-state index contributed by atoms with van der Waals surface area (Å²) in [5.41, 5.74) is 0. The molecule has 1 N–H and O–H groups in total. The molecular weight excluding hydrogens is 81.0 g/mol. The van der Waals surface area contributed by atoms with Crippen LogP contribution < -0.4 is 0 Å². The number of carboxylic acids is 1. The molecule has 2 nitrogen and oxygen atoms in total. The SMILES string of the molecule is CC[13CH2]C(=O)O. The molecule has 0 aromatic carbocycles. The fourth-order valence-corrected chi connectivity index (χ4v) is 0.214. The molecule has 0 atom stereocenters. The molecule has 0 aliphatic heterocycles. The monoisotopic (exact) mass is 89.1 g/mol. The minimum atomic E-state index is -0.711. The van der Waals surface area contributed by atoms with Gasteiger partial charge in [-0.15, -0.1) is 0 Å². The second kappa shape index (κ2) is 2.69. The summed E-state index contributed by atoms with van der Waals surface area (Å²) in [5, 5.41) is 7.91. The number of hydrogen-bond donors (Lipinski definition) is 1. The molecule has 0 bridgehead atoms. The number of carboxylic acid groups (broad SMARTS) is 1. The van der Waals surface area contributed by atoms with Crippen molar-refractivity contribution in [3.05, 3.63) is 0 Å². The Morgan fingerprint density at radius 1 is 1.83 bits per heavy atom. The van der Waals surface area contributed by atoms with E-state index in [-0.39, 0.29) is 0 Å². The van der Waals surface area contributed by atoms with Gasteiger partial charge in [0.15, 0.2) is 0 Å². The third-order valence-electron chi connectivity index (χ3n) is 0.464. The fourth-order valence-electron chi connectivity index (χ4n) is 0.214. The number of hydrogen-bond acceptors (Lipinski definition) is 1. The third kappa shape index (κ3) is 3.47. The van der Waals surface area contributed by atoms with Crippen molar-refractivity contribution in [2.75, 3.05) is 0 Å². The van der Waals surface area contributed by atoms with E-state index in [9.17, 15) is 4.79 Å². The number of rotatable bonds is 2. The number of carbonyl (C=O) groups is 1. The van der Waals surface area contributed by atoms with E-state index in [2.05, 4.69) is 0 Å². The van der Waals surface area contributed by atoms with Crippen molar-refractivity contribution >= 4 is 5.97 Å². The summed E-state index contributed by atoms with van der Waals surface area (Å²) in [4.78, 5) is 9.60. The van der Waals surface area contributed by atoms with Gasteiger partial charge in [-0.1, -0.05) is 6.92 Å². The van der Waals surface area contributed by atoms with Crippen molar-refractivity contribution in [1.29, 1.82) is 0 Å². The standard InChI is InChI=1S/C4H8O2/c1-2-3-4(5)6/h2-3H2,1H3,(H,5,6)/i3+1. The van der Waals surface area contributed by atoms with Crippen LogP contribution >= 0.6 is 0 Å². The first-order chi connectivity index (χ1) is 2.77. The van der Waals surface area contributed by atoms with Crippen LogP contribution in [0.2, 0.25) is 0 Å². The van der Waals surface area contributed by atoms with Crippen molar-refractivity contribution in [3.63, 3.8) is 0 Å². The van der Waals surface area contributed by atoms with E-state index in [1.54, 1.807) is 0 Å². The third-order valence-corrected chi connectivity index (χ3v) is 0.464. The predicted octanol–water partition coefficient (Wildman–Crippen LogP) is 0.871. The highest BCUT2D eigenvalue weighted by Gasteiger charge is 1.87. The first kappa shape index (κ1) is 5.47. The molecule has 0 fully saturated rings. The Kier molecular flexibility index (Phi) is 2.46. The highest BCUT2D eigenvalue weighted by molar-refractivity contribution is 5.66. The lowest BCUT2D eigenvalue weighted by molar-refractivity contribution is -0.137. The van der Waals surface area contributed by atoms with Gasteiger partial charge >= 0.3 is 5.97 Å². The van der Waals surface area contributed by atoms with Crippen molar-refractivity contribution in [1.82, 2.24) is 0 Å². The second-order valence-corrected chi connectivity index (χ2v) is 1.14. The van der Waals surface area contributed by atoms with Gasteiger partial charge in [0.25, 0.3) is 0 Å². The van der Waals surface area contributed by atoms with Gasteiger partial charge in [-0.25, -0.2) is 0 Å². The minimum absolute atomic E-state index is 0.292. The quantitative estimate of drug-likeness (QED) is 0.509. The van der Waals surface area contributed by atoms with E-state index in [0.717, 1.165) is 6.42 Å². The Morgan fingerprint density at radius 3 is 2.33 bits per heavy atom. The van der Waals surface area contributed by atoms with E-state index >= 15 is 0 Å². The molecule has 0 aliphatic rings. The summed E-state index contributed by atoms with van der Waals surface area (Å²) in [6, 6.07) is 0. The molecule has 0 radical (unpaired) electrons. The molecule has 0 aliphatic carbocycles. The normalized spacial score (nSPS) is 8.17. The summed E-state index contributed by atoms with van der Waals surface area (Å²) in [5.74, 6) is -0.711. The Hall–Kier alpha value is -0.530. The van der Waals surface area contributed by atoms with E-state index in [1.165, 1.54) is 0 Å². The summed E-state index contributed by atoms with van der Waals surface area (Å²) in [7, 11) is 0. The van der Waals surface area contributed by atoms with E-state index in [0.29, 0.717) is 6.42 Å². The van der Waals surface area contributed by atoms with Gasteiger partial charge in [-0.05, 0) is 6.42 Å². The maximum Gasteiger partial charge on any atom is 0.303 e. The zero-order valence-corrected chi connectivity index (χ0v) is 3.77. The summed E-state index contributed by atoms with van der Waals surface area (Å²) in [6.07, 6.45) is 1.02. The highest BCUT2D eigenvalue weighted by atomic mass is 16.4. The molecule has 0 saturated carbocycles. The largest absolute Gasteiger partial charge is 0.481 e. The second-order valence-electron chi connectivity index (χ2n) is 1.14. The lowest BCUT2D eigenvalue weighted by Gasteiger charge is -1.79. The molecule has 0 saturated heterocycles. The molecule has 0 heterocycles. The van der Waals surface area contributed by atoms with Crippen LogP contribution in [0.5, 0.6) is 0 Å². The first-order valence-corrected chi connectivity index (χ1v) is 1.99. The van der Waals surface area contributed by atoms with Gasteiger partial charge in [0.1, 0.15) is 0 Å². The van der Waals surface area contributed by atoms with Crippen molar-refractivity contribution in [2.24, 2.45) is 0 Å². The lowest BCUT2D eigenvalue weighted by Crippen LogP contribution is -1.90. The Labute approximate surface area is 36.8 Å².